The fourth-order valence-electron chi connectivity index (χ4n) is 4.12. The second kappa shape index (κ2) is 12.9. The first-order valence-electron chi connectivity index (χ1n) is 12.5. The van der Waals surface area contributed by atoms with Crippen molar-refractivity contribution in [1.82, 2.24) is 10.2 Å². The van der Waals surface area contributed by atoms with Gasteiger partial charge in [-0.1, -0.05) is 37.3 Å². The van der Waals surface area contributed by atoms with Gasteiger partial charge in [-0.2, -0.15) is 0 Å². The molecule has 0 saturated carbocycles. The van der Waals surface area contributed by atoms with E-state index in [2.05, 4.69) is 15.5 Å². The van der Waals surface area contributed by atoms with Gasteiger partial charge < -0.3 is 19.9 Å². The van der Waals surface area contributed by atoms with E-state index in [-0.39, 0.29) is 16.9 Å². The fraction of sp³-hybridized carbons (Fsp3) is 0.276. The van der Waals surface area contributed by atoms with E-state index >= 15 is 0 Å². The standard InChI is InChI=1S/C29H32N4O3S/c1-2-6-27(34)33-19-17-32(18-20-33)25-13-11-24(12-14-25)30-29(37)31-28(35)23-9-15-26(16-10-23)36-21-22-7-4-3-5-8-22/h3-5,7-16H,2,6,17-21H2,1H3,(H2,30,31,35,37). The minimum Gasteiger partial charge on any atom is -0.489 e. The van der Waals surface area contributed by atoms with E-state index in [1.54, 1.807) is 24.3 Å². The summed E-state index contributed by atoms with van der Waals surface area (Å²) in [4.78, 5) is 28.9. The molecule has 1 heterocycles. The molecule has 1 aliphatic heterocycles. The Bertz CT molecular complexity index is 1190. The van der Waals surface area contributed by atoms with E-state index in [1.165, 1.54) is 0 Å². The zero-order valence-corrected chi connectivity index (χ0v) is 21.8. The number of thiocarbonyl (C=S) groups is 1. The predicted octanol–water partition coefficient (Wildman–Crippen LogP) is 4.84. The molecule has 0 spiro atoms. The Hall–Kier alpha value is -3.91. The largest absolute Gasteiger partial charge is 0.489 e. The molecule has 0 unspecified atom stereocenters. The lowest BCUT2D eigenvalue weighted by atomic mass is 10.2. The topological polar surface area (TPSA) is 73.9 Å². The van der Waals surface area contributed by atoms with Crippen molar-refractivity contribution in [3.8, 4) is 5.75 Å². The molecule has 1 saturated heterocycles. The smallest absolute Gasteiger partial charge is 0.257 e. The van der Waals surface area contributed by atoms with Crippen LogP contribution in [0.3, 0.4) is 0 Å². The van der Waals surface area contributed by atoms with Gasteiger partial charge in [-0.25, -0.2) is 0 Å². The molecular formula is C29H32N4O3S. The first-order chi connectivity index (χ1) is 18.0. The van der Waals surface area contributed by atoms with Gasteiger partial charge >= 0.3 is 0 Å². The minimum absolute atomic E-state index is 0.227. The van der Waals surface area contributed by atoms with Crippen LogP contribution in [0.4, 0.5) is 11.4 Å². The van der Waals surface area contributed by atoms with Crippen LogP contribution in [-0.4, -0.2) is 48.0 Å². The summed E-state index contributed by atoms with van der Waals surface area (Å²) in [6, 6.07) is 24.8. The van der Waals surface area contributed by atoms with Crippen LogP contribution in [0.2, 0.25) is 0 Å². The molecule has 192 valence electrons. The Morgan fingerprint density at radius 1 is 0.892 bits per heavy atom. The van der Waals surface area contributed by atoms with Gasteiger partial charge in [0.2, 0.25) is 5.91 Å². The van der Waals surface area contributed by atoms with Crippen molar-refractivity contribution >= 4 is 40.5 Å². The maximum absolute atomic E-state index is 12.6. The summed E-state index contributed by atoms with van der Waals surface area (Å²) in [6.07, 6.45) is 1.50. The normalized spacial score (nSPS) is 13.1. The van der Waals surface area contributed by atoms with Crippen molar-refractivity contribution in [3.63, 3.8) is 0 Å². The monoisotopic (exact) mass is 516 g/mol. The van der Waals surface area contributed by atoms with Gasteiger partial charge in [-0.05, 0) is 72.7 Å². The summed E-state index contributed by atoms with van der Waals surface area (Å²) >= 11 is 5.33. The molecule has 7 nitrogen and oxygen atoms in total. The van der Waals surface area contributed by atoms with Crippen molar-refractivity contribution in [2.75, 3.05) is 36.4 Å². The van der Waals surface area contributed by atoms with Gasteiger partial charge in [-0.3, -0.25) is 14.9 Å². The number of hydrogen-bond donors (Lipinski definition) is 2. The first-order valence-corrected chi connectivity index (χ1v) is 12.9. The maximum atomic E-state index is 12.6. The number of carbonyl (C=O) groups is 2. The quantitative estimate of drug-likeness (QED) is 0.418. The molecule has 8 heteroatoms. The van der Waals surface area contributed by atoms with Crippen molar-refractivity contribution in [1.29, 1.82) is 0 Å². The van der Waals surface area contributed by atoms with Gasteiger partial charge in [-0.15, -0.1) is 0 Å². The lowest BCUT2D eigenvalue weighted by Crippen LogP contribution is -2.48. The number of ether oxygens (including phenoxy) is 1. The molecule has 3 aromatic carbocycles. The fourth-order valence-corrected chi connectivity index (χ4v) is 4.33. The van der Waals surface area contributed by atoms with Crippen LogP contribution in [0.5, 0.6) is 5.75 Å². The molecule has 2 amide bonds. The van der Waals surface area contributed by atoms with Crippen LogP contribution in [-0.2, 0) is 11.4 Å². The minimum atomic E-state index is -0.292. The van der Waals surface area contributed by atoms with Crippen molar-refractivity contribution in [2.45, 2.75) is 26.4 Å². The summed E-state index contributed by atoms with van der Waals surface area (Å²) in [5, 5.41) is 6.01. The van der Waals surface area contributed by atoms with Gasteiger partial charge in [0.25, 0.3) is 5.91 Å². The number of piperazine rings is 1. The average Bonchev–Trinajstić information content (AvgIpc) is 2.93. The molecule has 0 atom stereocenters. The van der Waals surface area contributed by atoms with Gasteiger partial charge in [0, 0.05) is 49.5 Å². The van der Waals surface area contributed by atoms with E-state index in [9.17, 15) is 9.59 Å². The molecule has 0 aromatic heterocycles. The van der Waals surface area contributed by atoms with E-state index in [0.29, 0.717) is 24.3 Å². The van der Waals surface area contributed by atoms with Crippen LogP contribution in [0, 0.1) is 0 Å². The predicted molar refractivity (Wildman–Crippen MR) is 151 cm³/mol. The number of rotatable bonds is 8. The van der Waals surface area contributed by atoms with Crippen LogP contribution < -0.4 is 20.3 Å². The third-order valence-corrected chi connectivity index (χ3v) is 6.38. The van der Waals surface area contributed by atoms with Crippen LogP contribution in [0.25, 0.3) is 0 Å². The van der Waals surface area contributed by atoms with Crippen molar-refractivity contribution < 1.29 is 14.3 Å². The lowest BCUT2D eigenvalue weighted by Gasteiger charge is -2.36. The van der Waals surface area contributed by atoms with Crippen molar-refractivity contribution in [3.05, 3.63) is 90.0 Å². The Morgan fingerprint density at radius 3 is 2.22 bits per heavy atom. The van der Waals surface area contributed by atoms with Gasteiger partial charge in [0.15, 0.2) is 5.11 Å². The summed E-state index contributed by atoms with van der Waals surface area (Å²) in [7, 11) is 0. The first kappa shape index (κ1) is 26.2. The van der Waals surface area contributed by atoms with Gasteiger partial charge in [0.1, 0.15) is 12.4 Å². The molecule has 0 radical (unpaired) electrons. The maximum Gasteiger partial charge on any atom is 0.257 e. The van der Waals surface area contributed by atoms with E-state index in [4.69, 9.17) is 17.0 Å². The molecule has 2 N–H and O–H groups in total. The van der Waals surface area contributed by atoms with E-state index in [0.717, 1.165) is 49.5 Å². The molecule has 3 aromatic rings. The lowest BCUT2D eigenvalue weighted by molar-refractivity contribution is -0.131. The highest BCUT2D eigenvalue weighted by atomic mass is 32.1. The average molecular weight is 517 g/mol. The number of nitrogens with one attached hydrogen (secondary N) is 2. The molecule has 1 fully saturated rings. The van der Waals surface area contributed by atoms with Crippen LogP contribution in [0.1, 0.15) is 35.7 Å². The highest BCUT2D eigenvalue weighted by Crippen LogP contribution is 2.20. The van der Waals surface area contributed by atoms with Crippen LogP contribution in [0.15, 0.2) is 78.9 Å². The number of nitrogens with zero attached hydrogens (tertiary/aromatic N) is 2. The zero-order valence-electron chi connectivity index (χ0n) is 21.0. The summed E-state index contributed by atoms with van der Waals surface area (Å²) in [5.41, 5.74) is 3.45. The summed E-state index contributed by atoms with van der Waals surface area (Å²) in [5.74, 6) is 0.638. The highest BCUT2D eigenvalue weighted by Gasteiger charge is 2.20. The highest BCUT2D eigenvalue weighted by molar-refractivity contribution is 7.80. The number of amides is 2. The van der Waals surface area contributed by atoms with E-state index in [1.807, 2.05) is 66.4 Å². The van der Waals surface area contributed by atoms with Crippen LogP contribution >= 0.6 is 12.2 Å². The Morgan fingerprint density at radius 2 is 1.57 bits per heavy atom. The summed E-state index contributed by atoms with van der Waals surface area (Å²) in [6.45, 7) is 5.61. The third kappa shape index (κ3) is 7.54. The Balaban J connectivity index is 1.22. The molecule has 0 bridgehead atoms. The molecule has 37 heavy (non-hydrogen) atoms. The Kier molecular flexibility index (Phi) is 9.10. The number of benzene rings is 3. The molecule has 0 aliphatic carbocycles. The zero-order chi connectivity index (χ0) is 26.0. The molecular weight excluding hydrogens is 484 g/mol. The molecule has 1 aliphatic rings. The SMILES string of the molecule is CCCC(=O)N1CCN(c2ccc(NC(=S)NC(=O)c3ccc(OCc4ccccc4)cc3)cc2)CC1. The van der Waals surface area contributed by atoms with Crippen molar-refractivity contribution in [2.24, 2.45) is 0 Å². The number of hydrogen-bond acceptors (Lipinski definition) is 5. The van der Waals surface area contributed by atoms with Gasteiger partial charge in [0.05, 0.1) is 0 Å². The summed E-state index contributed by atoms with van der Waals surface area (Å²) < 4.78 is 5.78. The second-order valence-electron chi connectivity index (χ2n) is 8.87. The van der Waals surface area contributed by atoms with E-state index < -0.39 is 0 Å². The Labute approximate surface area is 223 Å². The number of anilines is 2. The second-order valence-corrected chi connectivity index (χ2v) is 9.28. The third-order valence-electron chi connectivity index (χ3n) is 6.18. The number of carbonyl (C=O) groups excluding carboxylic acids is 2. The molecule has 4 rings (SSSR count).